The third kappa shape index (κ3) is 3.98. The maximum absolute atomic E-state index is 2.62. The minimum Gasteiger partial charge on any atom is -0.147 e. The summed E-state index contributed by atoms with van der Waals surface area (Å²) < 4.78 is 3.85. The van der Waals surface area contributed by atoms with E-state index in [1.807, 2.05) is 6.56 Å². The van der Waals surface area contributed by atoms with E-state index in [1.165, 1.54) is 12.8 Å². The summed E-state index contributed by atoms with van der Waals surface area (Å²) in [6, 6.07) is 0. The molecule has 0 nitrogen and oxygen atoms in total. The number of hydrogen-bond acceptors (Lipinski definition) is 0. The Bertz CT molecular complexity index is 384. The fourth-order valence-electron chi connectivity index (χ4n) is 2.75. The molecule has 0 saturated carbocycles. The molecule has 0 radical (unpaired) electrons. The molecule has 101 valence electrons. The Labute approximate surface area is 133 Å². The molecular weight excluding hydrogens is 403 g/mol. The van der Waals surface area contributed by atoms with Crippen LogP contribution >= 0.6 is 24.8 Å². The first-order valence-corrected chi connectivity index (χ1v) is 22.1. The molecule has 2 rings (SSSR count). The summed E-state index contributed by atoms with van der Waals surface area (Å²) >= 11 is -1.35. The van der Waals surface area contributed by atoms with Gasteiger partial charge < -0.3 is 0 Å². The largest absolute Gasteiger partial charge is 0.147 e. The first-order chi connectivity index (χ1) is 7.61. The van der Waals surface area contributed by atoms with Crippen molar-refractivity contribution in [1.82, 2.24) is 0 Å². The van der Waals surface area contributed by atoms with Gasteiger partial charge in [-0.15, -0.1) is 24.8 Å². The van der Waals surface area contributed by atoms with E-state index in [9.17, 15) is 0 Å². The number of halogens is 2. The van der Waals surface area contributed by atoms with E-state index in [4.69, 9.17) is 0 Å². The van der Waals surface area contributed by atoms with E-state index in [0.29, 0.717) is 0 Å². The first-order valence-electron chi connectivity index (χ1n) is 6.21. The molecule has 18 heavy (non-hydrogen) atoms. The predicted octanol–water partition coefficient (Wildman–Crippen LogP) is 4.90. The van der Waals surface area contributed by atoms with E-state index >= 15 is 0 Å². The summed E-state index contributed by atoms with van der Waals surface area (Å²) in [7, 11) is -0.947. The van der Waals surface area contributed by atoms with Gasteiger partial charge in [-0.05, 0) is 0 Å². The molecular formula is C14H23Cl2GeZr. The van der Waals surface area contributed by atoms with Crippen LogP contribution in [0.5, 0.6) is 0 Å². The van der Waals surface area contributed by atoms with Gasteiger partial charge in [-0.2, -0.15) is 0 Å². The van der Waals surface area contributed by atoms with Gasteiger partial charge in [-0.1, -0.05) is 0 Å². The molecule has 0 N–H and O–H groups in total. The van der Waals surface area contributed by atoms with E-state index in [0.717, 1.165) is 0 Å². The second-order valence-electron chi connectivity index (χ2n) is 5.10. The third-order valence-corrected chi connectivity index (χ3v) is 35.5. The van der Waals surface area contributed by atoms with Crippen LogP contribution in [0.3, 0.4) is 0 Å². The average Bonchev–Trinajstić information content (AvgIpc) is 2.79. The average molecular weight is 426 g/mol. The smallest absolute Gasteiger partial charge is 0.147 e. The van der Waals surface area contributed by atoms with Crippen LogP contribution in [0.25, 0.3) is 0 Å². The van der Waals surface area contributed by atoms with Crippen molar-refractivity contribution >= 4 is 35.4 Å². The molecule has 0 unspecified atom stereocenters. The van der Waals surface area contributed by atoms with Crippen LogP contribution in [-0.4, -0.2) is 10.6 Å². The van der Waals surface area contributed by atoms with Crippen molar-refractivity contribution < 1.29 is 19.2 Å². The maximum Gasteiger partial charge on any atom is -0.147 e. The summed E-state index contributed by atoms with van der Waals surface area (Å²) in [5, 5.41) is 0. The van der Waals surface area contributed by atoms with Gasteiger partial charge in [0.15, 0.2) is 0 Å². The molecule has 0 aromatic rings. The maximum atomic E-state index is 2.62. The van der Waals surface area contributed by atoms with Gasteiger partial charge in [0, 0.05) is 0 Å². The number of rotatable bonds is 3. The molecule has 0 bridgehead atoms. The fourth-order valence-corrected chi connectivity index (χ4v) is 37.1. The van der Waals surface area contributed by atoms with Gasteiger partial charge in [0.2, 0.25) is 0 Å². The van der Waals surface area contributed by atoms with Crippen molar-refractivity contribution in [1.29, 1.82) is 0 Å². The van der Waals surface area contributed by atoms with Gasteiger partial charge in [0.25, 0.3) is 0 Å². The normalized spacial score (nSPS) is 17.4. The van der Waals surface area contributed by atoms with Crippen molar-refractivity contribution in [2.45, 2.75) is 38.2 Å². The van der Waals surface area contributed by atoms with Gasteiger partial charge >= 0.3 is 110 Å². The van der Waals surface area contributed by atoms with Crippen LogP contribution in [-0.2, 0) is 19.2 Å². The van der Waals surface area contributed by atoms with Gasteiger partial charge in [0.05, 0.1) is 0 Å². The van der Waals surface area contributed by atoms with E-state index in [-0.39, 0.29) is 24.8 Å². The Morgan fingerprint density at radius 3 is 1.50 bits per heavy atom. The van der Waals surface area contributed by atoms with Crippen LogP contribution < -0.4 is 0 Å². The van der Waals surface area contributed by atoms with E-state index in [2.05, 4.69) is 49.7 Å². The monoisotopic (exact) mass is 425 g/mol. The Morgan fingerprint density at radius 1 is 0.889 bits per heavy atom. The predicted molar refractivity (Wildman–Crippen MR) is 86.3 cm³/mol. The second-order valence-corrected chi connectivity index (χ2v) is 36.9. The van der Waals surface area contributed by atoms with Crippen molar-refractivity contribution in [3.63, 3.8) is 0 Å². The van der Waals surface area contributed by atoms with Crippen molar-refractivity contribution in [2.24, 2.45) is 0 Å². The van der Waals surface area contributed by atoms with Crippen molar-refractivity contribution in [2.75, 3.05) is 0 Å². The Kier molecular flexibility index (Phi) is 8.74. The molecule has 4 heteroatoms. The fraction of sp³-hybridized carbons (Fsp3) is 0.429. The van der Waals surface area contributed by atoms with E-state index in [1.54, 1.807) is 11.1 Å². The summed E-state index contributed by atoms with van der Waals surface area (Å²) in [5.41, 5.74) is 3.25. The minimum atomic E-state index is -1.35. The standard InChI is InChI=1S/2C6H7.C2H7Ge.2ClH.Zr/c2*1-6-4-2-3-5-6;1-3-2;;;/h2*2,4H,3H2,1H3;3H,1-2H3;2*1H;. The zero-order valence-corrected chi connectivity index (χ0v) is 18.1. The van der Waals surface area contributed by atoms with Crippen LogP contribution in [0, 0.1) is 0 Å². The van der Waals surface area contributed by atoms with Crippen molar-refractivity contribution in [3.05, 3.63) is 42.0 Å². The third-order valence-electron chi connectivity index (χ3n) is 3.56. The number of hydrogen-bond donors (Lipinski definition) is 0. The molecule has 0 heterocycles. The molecule has 0 atom stereocenters. The molecule has 2 aliphatic carbocycles. The Hall–Kier alpha value is 0.966. The van der Waals surface area contributed by atoms with Crippen LogP contribution in [0.1, 0.15) is 26.7 Å². The summed E-state index contributed by atoms with van der Waals surface area (Å²) in [4.78, 5) is 0. The molecule has 0 fully saturated rings. The molecule has 0 aromatic carbocycles. The van der Waals surface area contributed by atoms with Crippen LogP contribution in [0.15, 0.2) is 42.0 Å². The second kappa shape index (κ2) is 8.30. The van der Waals surface area contributed by atoms with Crippen molar-refractivity contribution in [3.8, 4) is 0 Å². The van der Waals surface area contributed by atoms with Crippen LogP contribution in [0.2, 0.25) is 11.5 Å². The quantitative estimate of drug-likeness (QED) is 0.564. The summed E-state index contributed by atoms with van der Waals surface area (Å²) in [6.45, 7) is 4.67. The van der Waals surface area contributed by atoms with E-state index < -0.39 is 29.8 Å². The zero-order chi connectivity index (χ0) is 11.7. The van der Waals surface area contributed by atoms with Gasteiger partial charge in [-0.3, -0.25) is 0 Å². The molecule has 2 aliphatic rings. The molecule has 0 saturated heterocycles. The molecule has 0 aromatic heterocycles. The Balaban J connectivity index is 0.00000144. The summed E-state index contributed by atoms with van der Waals surface area (Å²) in [5.74, 6) is 5.25. The molecule has 0 aliphatic heterocycles. The van der Waals surface area contributed by atoms with Crippen LogP contribution in [0.4, 0.5) is 0 Å². The molecule has 0 amide bonds. The zero-order valence-electron chi connectivity index (χ0n) is 11.6. The SMILES string of the molecule is CC1=[C]([Zr]([C]2=C(C)C=CC2)[GeH]([CH3])[CH3])CC=C1.Cl.Cl. The molecule has 0 spiro atoms. The van der Waals surface area contributed by atoms with Gasteiger partial charge in [-0.25, -0.2) is 0 Å². The number of allylic oxidation sites excluding steroid dienone is 8. The topological polar surface area (TPSA) is 0 Å². The Morgan fingerprint density at radius 2 is 1.28 bits per heavy atom. The minimum absolute atomic E-state index is 0. The first kappa shape index (κ1) is 19.0. The summed E-state index contributed by atoms with van der Waals surface area (Å²) in [6.07, 6.45) is 12.1. The van der Waals surface area contributed by atoms with Gasteiger partial charge in [0.1, 0.15) is 0 Å².